The summed E-state index contributed by atoms with van der Waals surface area (Å²) < 4.78 is 30.4. The van der Waals surface area contributed by atoms with Crippen LogP contribution in [0.2, 0.25) is 0 Å². The zero-order valence-corrected chi connectivity index (χ0v) is 11.9. The van der Waals surface area contributed by atoms with Gasteiger partial charge in [0.15, 0.2) is 12.4 Å². The lowest BCUT2D eigenvalue weighted by Crippen LogP contribution is -2.40. The minimum absolute atomic E-state index is 0.254. The Morgan fingerprint density at radius 1 is 1.55 bits per heavy atom. The molecule has 0 radical (unpaired) electrons. The van der Waals surface area contributed by atoms with Gasteiger partial charge in [-0.2, -0.15) is 0 Å². The highest BCUT2D eigenvalue weighted by Gasteiger charge is 2.48. The Labute approximate surface area is 117 Å². The molecule has 1 fully saturated rings. The van der Waals surface area contributed by atoms with Crippen LogP contribution in [-0.4, -0.2) is 56.2 Å². The summed E-state index contributed by atoms with van der Waals surface area (Å²) in [6, 6.07) is 0. The Bertz CT molecular complexity index is 452. The average Bonchev–Trinajstić information content (AvgIpc) is 2.71. The number of amidine groups is 1. The summed E-state index contributed by atoms with van der Waals surface area (Å²) in [5, 5.41) is 0. The van der Waals surface area contributed by atoms with E-state index in [-0.39, 0.29) is 6.61 Å². The number of hydrogen-bond acceptors (Lipinski definition) is 6. The molecule has 7 heteroatoms. The molecule has 0 aromatic carbocycles. The van der Waals surface area contributed by atoms with Crippen LogP contribution in [0.15, 0.2) is 29.2 Å². The van der Waals surface area contributed by atoms with Crippen molar-refractivity contribution in [3.05, 3.63) is 24.2 Å². The number of aliphatic imine (C=N–C) groups is 1. The zero-order valence-electron chi connectivity index (χ0n) is 11.9. The standard InChI is InChI=1S/C13H20FN3O3/c1-7-5-17(8(2)16-12(7)15)13-10(14)11(19-4)9(20-13)6-18-3/h5,9-11,13H,2,6H2,1,3-4H3,(H2,15,16)/t9-,10?,11-,13-/m1/s1. The number of halogens is 1. The molecular formula is C13H20FN3O3. The van der Waals surface area contributed by atoms with E-state index in [4.69, 9.17) is 19.9 Å². The van der Waals surface area contributed by atoms with E-state index >= 15 is 0 Å². The largest absolute Gasteiger partial charge is 0.383 e. The first kappa shape index (κ1) is 15.0. The Balaban J connectivity index is 2.19. The van der Waals surface area contributed by atoms with Crippen molar-refractivity contribution in [2.75, 3.05) is 20.8 Å². The van der Waals surface area contributed by atoms with Crippen LogP contribution in [0.1, 0.15) is 6.92 Å². The Hall–Kier alpha value is -1.44. The van der Waals surface area contributed by atoms with Crippen molar-refractivity contribution in [3.8, 4) is 0 Å². The van der Waals surface area contributed by atoms with Crippen molar-refractivity contribution in [1.82, 2.24) is 4.90 Å². The molecule has 2 aliphatic rings. The Morgan fingerprint density at radius 3 is 2.85 bits per heavy atom. The van der Waals surface area contributed by atoms with E-state index in [2.05, 4.69) is 11.6 Å². The number of alkyl halides is 1. The van der Waals surface area contributed by atoms with Gasteiger partial charge < -0.3 is 24.8 Å². The van der Waals surface area contributed by atoms with Gasteiger partial charge in [0, 0.05) is 26.0 Å². The lowest BCUT2D eigenvalue weighted by molar-refractivity contribution is -0.0716. The molecule has 0 aromatic heterocycles. The minimum Gasteiger partial charge on any atom is -0.383 e. The minimum atomic E-state index is -1.34. The van der Waals surface area contributed by atoms with Crippen LogP contribution in [0.25, 0.3) is 0 Å². The number of rotatable bonds is 4. The van der Waals surface area contributed by atoms with Gasteiger partial charge in [-0.1, -0.05) is 6.58 Å². The number of nitrogens with two attached hydrogens (primary N) is 1. The summed E-state index contributed by atoms with van der Waals surface area (Å²) in [6.07, 6.45) is -1.67. The molecule has 2 rings (SSSR count). The zero-order chi connectivity index (χ0) is 14.9. The number of nitrogens with zero attached hydrogens (tertiary/aromatic N) is 2. The lowest BCUT2D eigenvalue weighted by Gasteiger charge is -2.31. The molecule has 1 unspecified atom stereocenters. The molecule has 2 aliphatic heterocycles. The third-order valence-corrected chi connectivity index (χ3v) is 3.43. The van der Waals surface area contributed by atoms with Crippen LogP contribution in [0, 0.1) is 0 Å². The normalized spacial score (nSPS) is 34.2. The van der Waals surface area contributed by atoms with Gasteiger partial charge in [-0.05, 0) is 6.92 Å². The van der Waals surface area contributed by atoms with Gasteiger partial charge in [-0.25, -0.2) is 9.38 Å². The molecule has 0 bridgehead atoms. The summed E-state index contributed by atoms with van der Waals surface area (Å²) >= 11 is 0. The van der Waals surface area contributed by atoms with Crippen LogP contribution in [0.3, 0.4) is 0 Å². The SMILES string of the molecule is C=C1N=C(N)C(C)=CN1[C@@H]1O[C@H](COC)[C@@H](OC)C1F. The lowest BCUT2D eigenvalue weighted by atomic mass is 10.1. The topological polar surface area (TPSA) is 69.3 Å². The average molecular weight is 285 g/mol. The molecule has 2 N–H and O–H groups in total. The summed E-state index contributed by atoms with van der Waals surface area (Å²) in [5.74, 6) is 0.713. The molecule has 0 spiro atoms. The molecule has 0 saturated carbocycles. The van der Waals surface area contributed by atoms with Crippen molar-refractivity contribution in [3.63, 3.8) is 0 Å². The van der Waals surface area contributed by atoms with Gasteiger partial charge >= 0.3 is 0 Å². The fourth-order valence-electron chi connectivity index (χ4n) is 2.35. The first-order valence-corrected chi connectivity index (χ1v) is 6.31. The van der Waals surface area contributed by atoms with Crippen molar-refractivity contribution in [2.24, 2.45) is 10.7 Å². The molecule has 112 valence electrons. The first-order valence-electron chi connectivity index (χ1n) is 6.31. The van der Waals surface area contributed by atoms with Gasteiger partial charge in [-0.3, -0.25) is 0 Å². The molecule has 6 nitrogen and oxygen atoms in total. The van der Waals surface area contributed by atoms with E-state index < -0.39 is 24.6 Å². The fraction of sp³-hybridized carbons (Fsp3) is 0.615. The van der Waals surface area contributed by atoms with E-state index in [1.165, 1.54) is 19.1 Å². The fourth-order valence-corrected chi connectivity index (χ4v) is 2.35. The second-order valence-electron chi connectivity index (χ2n) is 4.80. The van der Waals surface area contributed by atoms with E-state index in [9.17, 15) is 4.39 Å². The van der Waals surface area contributed by atoms with Crippen LogP contribution >= 0.6 is 0 Å². The third-order valence-electron chi connectivity index (χ3n) is 3.43. The second kappa shape index (κ2) is 5.90. The van der Waals surface area contributed by atoms with Gasteiger partial charge in [0.2, 0.25) is 0 Å². The summed E-state index contributed by atoms with van der Waals surface area (Å²) in [4.78, 5) is 5.62. The maximum atomic E-state index is 14.5. The number of methoxy groups -OCH3 is 2. The van der Waals surface area contributed by atoms with Crippen molar-refractivity contribution in [2.45, 2.75) is 31.5 Å². The van der Waals surface area contributed by atoms with Gasteiger partial charge in [0.1, 0.15) is 23.9 Å². The van der Waals surface area contributed by atoms with E-state index in [0.717, 1.165) is 5.57 Å². The van der Waals surface area contributed by atoms with Crippen LogP contribution in [0.5, 0.6) is 0 Å². The predicted molar refractivity (Wildman–Crippen MR) is 72.6 cm³/mol. The molecule has 1 saturated heterocycles. The highest BCUT2D eigenvalue weighted by molar-refractivity contribution is 5.97. The molecule has 4 atom stereocenters. The van der Waals surface area contributed by atoms with Gasteiger partial charge in [0.25, 0.3) is 0 Å². The maximum Gasteiger partial charge on any atom is 0.174 e. The molecule has 0 amide bonds. The van der Waals surface area contributed by atoms with E-state index in [0.29, 0.717) is 11.7 Å². The highest BCUT2D eigenvalue weighted by Crippen LogP contribution is 2.32. The molecular weight excluding hydrogens is 265 g/mol. The Kier molecular flexibility index (Phi) is 4.42. The van der Waals surface area contributed by atoms with Gasteiger partial charge in [-0.15, -0.1) is 0 Å². The summed E-state index contributed by atoms with van der Waals surface area (Å²) in [5.41, 5.74) is 6.44. The molecule has 0 aromatic rings. The predicted octanol–water partition coefficient (Wildman–Crippen LogP) is 0.759. The smallest absolute Gasteiger partial charge is 0.174 e. The van der Waals surface area contributed by atoms with E-state index in [1.54, 1.807) is 13.1 Å². The molecule has 0 aliphatic carbocycles. The maximum absolute atomic E-state index is 14.5. The molecule has 20 heavy (non-hydrogen) atoms. The quantitative estimate of drug-likeness (QED) is 0.826. The summed E-state index contributed by atoms with van der Waals surface area (Å²) in [6.45, 7) is 5.82. The van der Waals surface area contributed by atoms with Crippen LogP contribution in [0.4, 0.5) is 4.39 Å². The van der Waals surface area contributed by atoms with E-state index in [1.807, 2.05) is 0 Å². The number of ether oxygens (including phenoxy) is 3. The van der Waals surface area contributed by atoms with Crippen LogP contribution < -0.4 is 5.73 Å². The Morgan fingerprint density at radius 2 is 2.25 bits per heavy atom. The summed E-state index contributed by atoms with van der Waals surface area (Å²) in [7, 11) is 2.99. The second-order valence-corrected chi connectivity index (χ2v) is 4.80. The highest BCUT2D eigenvalue weighted by atomic mass is 19.1. The third kappa shape index (κ3) is 2.56. The van der Waals surface area contributed by atoms with Gasteiger partial charge in [0.05, 0.1) is 6.61 Å². The van der Waals surface area contributed by atoms with Crippen LogP contribution in [-0.2, 0) is 14.2 Å². The first-order chi connectivity index (χ1) is 9.49. The monoisotopic (exact) mass is 285 g/mol. The van der Waals surface area contributed by atoms with Crippen molar-refractivity contribution < 1.29 is 18.6 Å². The van der Waals surface area contributed by atoms with Crippen molar-refractivity contribution in [1.29, 1.82) is 0 Å². The molecule has 2 heterocycles. The van der Waals surface area contributed by atoms with Crippen molar-refractivity contribution >= 4 is 5.84 Å². The number of hydrogen-bond donors (Lipinski definition) is 1.